The van der Waals surface area contributed by atoms with E-state index in [1.807, 2.05) is 44.2 Å². The number of carbonyl (C=O) groups is 2. The first kappa shape index (κ1) is 21.3. The molecule has 0 bridgehead atoms. The molecule has 0 saturated carbocycles. The van der Waals surface area contributed by atoms with Crippen molar-refractivity contribution in [2.45, 2.75) is 26.4 Å². The fraction of sp³-hybridized carbons (Fsp3) is 0.192. The average Bonchev–Trinajstić information content (AvgIpc) is 3.06. The number of aliphatic hydroxyl groups is 1. The van der Waals surface area contributed by atoms with Crippen molar-refractivity contribution in [1.82, 2.24) is 9.88 Å². The predicted octanol–water partition coefficient (Wildman–Crippen LogP) is 4.33. The van der Waals surface area contributed by atoms with Gasteiger partial charge in [-0.25, -0.2) is 0 Å². The van der Waals surface area contributed by atoms with Crippen LogP contribution in [-0.4, -0.2) is 33.8 Å². The van der Waals surface area contributed by atoms with E-state index in [4.69, 9.17) is 4.74 Å². The number of nitrogens with zero attached hydrogens (tertiary/aromatic N) is 2. The maximum Gasteiger partial charge on any atom is 0.295 e. The van der Waals surface area contributed by atoms with Crippen molar-refractivity contribution in [3.63, 3.8) is 0 Å². The number of benzene rings is 2. The summed E-state index contributed by atoms with van der Waals surface area (Å²) < 4.78 is 5.36. The monoisotopic (exact) mass is 428 g/mol. The van der Waals surface area contributed by atoms with Gasteiger partial charge in [0.1, 0.15) is 11.5 Å². The Labute approximate surface area is 186 Å². The number of ketones is 1. The number of amides is 1. The van der Waals surface area contributed by atoms with E-state index >= 15 is 0 Å². The summed E-state index contributed by atoms with van der Waals surface area (Å²) in [6.45, 7) is 3.96. The summed E-state index contributed by atoms with van der Waals surface area (Å²) in [5, 5.41) is 11.3. The van der Waals surface area contributed by atoms with E-state index in [-0.39, 0.29) is 17.9 Å². The maximum atomic E-state index is 13.2. The first-order chi connectivity index (χ1) is 15.4. The molecule has 1 N–H and O–H groups in total. The van der Waals surface area contributed by atoms with Gasteiger partial charge in [0.05, 0.1) is 18.7 Å². The molecule has 6 nitrogen and oxygen atoms in total. The molecular formula is C26H24N2O4. The summed E-state index contributed by atoms with van der Waals surface area (Å²) in [7, 11) is 1.56. The van der Waals surface area contributed by atoms with Gasteiger partial charge in [-0.05, 0) is 54.8 Å². The number of carbonyl (C=O) groups excluding carboxylic acids is 2. The van der Waals surface area contributed by atoms with Gasteiger partial charge in [0, 0.05) is 24.5 Å². The molecule has 1 fully saturated rings. The minimum Gasteiger partial charge on any atom is -0.507 e. The molecule has 6 heteroatoms. The summed E-state index contributed by atoms with van der Waals surface area (Å²) in [6, 6.07) is 15.7. The number of methoxy groups -OCH3 is 1. The Hall–Kier alpha value is -3.93. The molecule has 4 rings (SSSR count). The van der Waals surface area contributed by atoms with Crippen molar-refractivity contribution in [2.24, 2.45) is 0 Å². The third kappa shape index (κ3) is 3.87. The minimum absolute atomic E-state index is 0.0702. The van der Waals surface area contributed by atoms with Crippen molar-refractivity contribution in [2.75, 3.05) is 7.11 Å². The van der Waals surface area contributed by atoms with E-state index in [0.29, 0.717) is 16.9 Å². The van der Waals surface area contributed by atoms with Crippen LogP contribution in [0.4, 0.5) is 0 Å². The average molecular weight is 428 g/mol. The number of hydrogen-bond donors (Lipinski definition) is 1. The summed E-state index contributed by atoms with van der Waals surface area (Å²) in [6.07, 6.45) is 3.31. The van der Waals surface area contributed by atoms with Crippen LogP contribution in [0.1, 0.15) is 33.9 Å². The van der Waals surface area contributed by atoms with Crippen LogP contribution in [0, 0.1) is 13.8 Å². The molecule has 1 aliphatic heterocycles. The molecule has 2 aromatic carbocycles. The number of hydrogen-bond acceptors (Lipinski definition) is 5. The van der Waals surface area contributed by atoms with Gasteiger partial charge in [-0.3, -0.25) is 14.6 Å². The molecule has 2 heterocycles. The Morgan fingerprint density at radius 3 is 2.62 bits per heavy atom. The molecule has 1 saturated heterocycles. The number of aliphatic hydroxyl groups excluding tert-OH is 1. The SMILES string of the molecule is COc1cccc(C2/C(=C(\O)c3cc(C)ccc3C)C(=O)C(=O)N2Cc2cccnc2)c1. The highest BCUT2D eigenvalue weighted by Gasteiger charge is 2.46. The van der Waals surface area contributed by atoms with Crippen molar-refractivity contribution < 1.29 is 19.4 Å². The van der Waals surface area contributed by atoms with E-state index in [0.717, 1.165) is 16.7 Å². The number of pyridine rings is 1. The molecule has 1 atom stereocenters. The standard InChI is InChI=1S/C26H24N2O4/c1-16-9-10-17(2)21(12-16)24(29)22-23(19-7-4-8-20(13-19)32-3)28(26(31)25(22)30)15-18-6-5-11-27-14-18/h4-14,23,29H,15H2,1-3H3/b24-22+. The second-order valence-corrected chi connectivity index (χ2v) is 7.88. The van der Waals surface area contributed by atoms with Gasteiger partial charge in [0.2, 0.25) is 0 Å². The lowest BCUT2D eigenvalue weighted by atomic mass is 9.93. The van der Waals surface area contributed by atoms with Crippen molar-refractivity contribution >= 4 is 17.4 Å². The zero-order chi connectivity index (χ0) is 22.8. The van der Waals surface area contributed by atoms with Gasteiger partial charge in [-0.2, -0.15) is 0 Å². The second kappa shape index (κ2) is 8.67. The van der Waals surface area contributed by atoms with Crippen molar-refractivity contribution in [1.29, 1.82) is 0 Å². The van der Waals surface area contributed by atoms with Gasteiger partial charge >= 0.3 is 0 Å². The topological polar surface area (TPSA) is 79.7 Å². The highest BCUT2D eigenvalue weighted by Crippen LogP contribution is 2.41. The van der Waals surface area contributed by atoms with E-state index in [9.17, 15) is 14.7 Å². The third-order valence-corrected chi connectivity index (χ3v) is 5.67. The Morgan fingerprint density at radius 2 is 1.91 bits per heavy atom. The molecule has 162 valence electrons. The fourth-order valence-corrected chi connectivity index (χ4v) is 4.03. The number of aryl methyl sites for hydroxylation is 2. The van der Waals surface area contributed by atoms with E-state index in [1.165, 1.54) is 4.90 Å². The van der Waals surface area contributed by atoms with Crippen LogP contribution in [0.3, 0.4) is 0 Å². The van der Waals surface area contributed by atoms with Crippen LogP contribution < -0.4 is 4.74 Å². The number of Topliss-reactive ketones (excluding diaryl/α,β-unsaturated/α-hetero) is 1. The van der Waals surface area contributed by atoms with Crippen molar-refractivity contribution in [3.8, 4) is 5.75 Å². The lowest BCUT2D eigenvalue weighted by Gasteiger charge is -2.25. The number of aromatic nitrogens is 1. The normalized spacial score (nSPS) is 17.6. The third-order valence-electron chi connectivity index (χ3n) is 5.67. The second-order valence-electron chi connectivity index (χ2n) is 7.88. The summed E-state index contributed by atoms with van der Waals surface area (Å²) in [4.78, 5) is 31.9. The highest BCUT2D eigenvalue weighted by atomic mass is 16.5. The quantitative estimate of drug-likeness (QED) is 0.372. The molecule has 3 aromatic rings. The zero-order valence-electron chi connectivity index (χ0n) is 18.2. The first-order valence-corrected chi connectivity index (χ1v) is 10.3. The van der Waals surface area contributed by atoms with Gasteiger partial charge in [-0.15, -0.1) is 0 Å². The minimum atomic E-state index is -0.759. The largest absolute Gasteiger partial charge is 0.507 e. The van der Waals surface area contributed by atoms with Crippen molar-refractivity contribution in [3.05, 3.63) is 100 Å². The van der Waals surface area contributed by atoms with Crippen LogP contribution in [0.15, 0.2) is 72.6 Å². The van der Waals surface area contributed by atoms with Gasteiger partial charge in [0.15, 0.2) is 0 Å². The Kier molecular flexibility index (Phi) is 5.77. The van der Waals surface area contributed by atoms with Crippen LogP contribution >= 0.6 is 0 Å². The zero-order valence-corrected chi connectivity index (χ0v) is 18.2. The number of ether oxygens (including phenoxy) is 1. The fourth-order valence-electron chi connectivity index (χ4n) is 4.03. The van der Waals surface area contributed by atoms with Crippen LogP contribution in [0.5, 0.6) is 5.75 Å². The summed E-state index contributed by atoms with van der Waals surface area (Å²) in [5.41, 5.74) is 3.84. The molecule has 1 aliphatic rings. The smallest absolute Gasteiger partial charge is 0.295 e. The molecule has 1 unspecified atom stereocenters. The summed E-state index contributed by atoms with van der Waals surface area (Å²) >= 11 is 0. The summed E-state index contributed by atoms with van der Waals surface area (Å²) in [5.74, 6) is -0.944. The molecule has 0 spiro atoms. The molecule has 0 aliphatic carbocycles. The molecular weight excluding hydrogens is 404 g/mol. The van der Waals surface area contributed by atoms with E-state index in [2.05, 4.69) is 4.98 Å². The lowest BCUT2D eigenvalue weighted by molar-refractivity contribution is -0.140. The van der Waals surface area contributed by atoms with E-state index < -0.39 is 17.7 Å². The van der Waals surface area contributed by atoms with Gasteiger partial charge in [0.25, 0.3) is 11.7 Å². The Balaban J connectivity index is 1.91. The number of rotatable bonds is 5. The Bertz CT molecular complexity index is 1220. The molecule has 0 radical (unpaired) electrons. The van der Waals surface area contributed by atoms with Gasteiger partial charge in [-0.1, -0.05) is 35.9 Å². The maximum absolute atomic E-state index is 13.2. The van der Waals surface area contributed by atoms with Crippen LogP contribution in [0.2, 0.25) is 0 Å². The van der Waals surface area contributed by atoms with Crippen LogP contribution in [0.25, 0.3) is 5.76 Å². The molecule has 1 amide bonds. The van der Waals surface area contributed by atoms with Crippen LogP contribution in [-0.2, 0) is 16.1 Å². The lowest BCUT2D eigenvalue weighted by Crippen LogP contribution is -2.29. The number of likely N-dealkylation sites (tertiary alicyclic amines) is 1. The van der Waals surface area contributed by atoms with E-state index in [1.54, 1.807) is 43.8 Å². The highest BCUT2D eigenvalue weighted by molar-refractivity contribution is 6.46. The predicted molar refractivity (Wildman–Crippen MR) is 121 cm³/mol. The molecule has 32 heavy (non-hydrogen) atoms. The Morgan fingerprint density at radius 1 is 1.09 bits per heavy atom. The van der Waals surface area contributed by atoms with Gasteiger partial charge < -0.3 is 14.7 Å². The molecule has 1 aromatic heterocycles. The first-order valence-electron chi connectivity index (χ1n) is 10.3.